The SMILES string of the molecule is CCCc1nsc(NC(CC)C2CCCCC2)n1. The predicted molar refractivity (Wildman–Crippen MR) is 78.2 cm³/mol. The van der Waals surface area contributed by atoms with E-state index in [0.717, 1.165) is 29.7 Å². The fraction of sp³-hybridized carbons (Fsp3) is 0.857. The van der Waals surface area contributed by atoms with Crippen LogP contribution in [0.5, 0.6) is 0 Å². The Morgan fingerprint density at radius 3 is 2.72 bits per heavy atom. The van der Waals surface area contributed by atoms with Crippen molar-refractivity contribution in [2.45, 2.75) is 71.3 Å². The maximum Gasteiger partial charge on any atom is 0.202 e. The number of hydrogen-bond acceptors (Lipinski definition) is 4. The van der Waals surface area contributed by atoms with Crippen LogP contribution in [0, 0.1) is 5.92 Å². The molecule has 0 aromatic carbocycles. The zero-order valence-corrected chi connectivity index (χ0v) is 12.4. The maximum absolute atomic E-state index is 4.58. The number of nitrogens with zero attached hydrogens (tertiary/aromatic N) is 2. The molecule has 102 valence electrons. The van der Waals surface area contributed by atoms with E-state index in [4.69, 9.17) is 0 Å². The van der Waals surface area contributed by atoms with Crippen molar-refractivity contribution in [2.75, 3.05) is 5.32 Å². The average Bonchev–Trinajstić information content (AvgIpc) is 2.85. The van der Waals surface area contributed by atoms with Gasteiger partial charge in [0, 0.05) is 24.0 Å². The molecule has 0 bridgehead atoms. The Balaban J connectivity index is 1.91. The minimum Gasteiger partial charge on any atom is -0.357 e. The number of aromatic nitrogens is 2. The second-order valence-electron chi connectivity index (χ2n) is 5.32. The molecule has 1 unspecified atom stereocenters. The molecule has 0 aliphatic heterocycles. The molecule has 1 aromatic heterocycles. The maximum atomic E-state index is 4.58. The van der Waals surface area contributed by atoms with Gasteiger partial charge in [-0.1, -0.05) is 33.1 Å². The molecule has 1 aliphatic rings. The summed E-state index contributed by atoms with van der Waals surface area (Å²) in [4.78, 5) is 4.58. The van der Waals surface area contributed by atoms with Crippen LogP contribution >= 0.6 is 11.5 Å². The van der Waals surface area contributed by atoms with Crippen molar-refractivity contribution < 1.29 is 0 Å². The lowest BCUT2D eigenvalue weighted by Gasteiger charge is -2.29. The summed E-state index contributed by atoms with van der Waals surface area (Å²) in [6.07, 6.45) is 10.3. The molecule has 1 heterocycles. The second kappa shape index (κ2) is 7.07. The van der Waals surface area contributed by atoms with E-state index in [9.17, 15) is 0 Å². The van der Waals surface area contributed by atoms with Crippen molar-refractivity contribution in [3.8, 4) is 0 Å². The van der Waals surface area contributed by atoms with Gasteiger partial charge in [-0.2, -0.15) is 4.37 Å². The molecule has 0 saturated heterocycles. The van der Waals surface area contributed by atoms with E-state index in [1.165, 1.54) is 50.1 Å². The minimum atomic E-state index is 0.590. The third-order valence-electron chi connectivity index (χ3n) is 3.91. The smallest absolute Gasteiger partial charge is 0.202 e. The Kier molecular flexibility index (Phi) is 5.42. The van der Waals surface area contributed by atoms with Gasteiger partial charge < -0.3 is 5.32 Å². The zero-order chi connectivity index (χ0) is 12.8. The molecular formula is C14H25N3S. The number of nitrogens with one attached hydrogen (secondary N) is 1. The molecule has 1 fully saturated rings. The molecule has 2 rings (SSSR count). The molecular weight excluding hydrogens is 242 g/mol. The van der Waals surface area contributed by atoms with Crippen LogP contribution in [0.4, 0.5) is 5.13 Å². The van der Waals surface area contributed by atoms with Gasteiger partial charge in [0.2, 0.25) is 5.13 Å². The lowest BCUT2D eigenvalue weighted by Crippen LogP contribution is -2.30. The zero-order valence-electron chi connectivity index (χ0n) is 11.6. The Morgan fingerprint density at radius 2 is 2.06 bits per heavy atom. The summed E-state index contributed by atoms with van der Waals surface area (Å²) in [5.41, 5.74) is 0. The van der Waals surface area contributed by atoms with Crippen LogP contribution in [-0.4, -0.2) is 15.4 Å². The van der Waals surface area contributed by atoms with Crippen molar-refractivity contribution in [1.29, 1.82) is 0 Å². The lowest BCUT2D eigenvalue weighted by molar-refractivity contribution is 0.313. The lowest BCUT2D eigenvalue weighted by atomic mass is 9.83. The highest BCUT2D eigenvalue weighted by Gasteiger charge is 2.23. The van der Waals surface area contributed by atoms with Gasteiger partial charge in [0.15, 0.2) is 0 Å². The minimum absolute atomic E-state index is 0.590. The highest BCUT2D eigenvalue weighted by atomic mass is 32.1. The van der Waals surface area contributed by atoms with E-state index in [1.54, 1.807) is 0 Å². The van der Waals surface area contributed by atoms with Crippen LogP contribution in [0.2, 0.25) is 0 Å². The van der Waals surface area contributed by atoms with Crippen LogP contribution < -0.4 is 5.32 Å². The standard InChI is InChI=1S/C14H25N3S/c1-3-8-13-16-14(18-17-13)15-12(4-2)11-9-6-5-7-10-11/h11-12H,3-10H2,1-2H3,(H,15,16,17). The summed E-state index contributed by atoms with van der Waals surface area (Å²) in [5.74, 6) is 1.84. The number of rotatable bonds is 6. The van der Waals surface area contributed by atoms with Crippen LogP contribution in [-0.2, 0) is 6.42 Å². The molecule has 4 heteroatoms. The van der Waals surface area contributed by atoms with Gasteiger partial charge in [-0.05, 0) is 31.6 Å². The first-order valence-electron chi connectivity index (χ1n) is 7.42. The van der Waals surface area contributed by atoms with E-state index in [-0.39, 0.29) is 0 Å². The van der Waals surface area contributed by atoms with E-state index in [2.05, 4.69) is 28.5 Å². The molecule has 3 nitrogen and oxygen atoms in total. The van der Waals surface area contributed by atoms with Gasteiger partial charge in [0.1, 0.15) is 5.82 Å². The van der Waals surface area contributed by atoms with Crippen molar-refractivity contribution >= 4 is 16.7 Å². The molecule has 1 saturated carbocycles. The molecule has 0 amide bonds. The Bertz CT molecular complexity index is 345. The largest absolute Gasteiger partial charge is 0.357 e. The summed E-state index contributed by atoms with van der Waals surface area (Å²) in [7, 11) is 0. The predicted octanol–water partition coefficient (Wildman–Crippen LogP) is 4.26. The first kappa shape index (κ1) is 13.8. The molecule has 0 radical (unpaired) electrons. The quantitative estimate of drug-likeness (QED) is 0.836. The average molecular weight is 267 g/mol. The van der Waals surface area contributed by atoms with Gasteiger partial charge in [0.05, 0.1) is 0 Å². The summed E-state index contributed by atoms with van der Waals surface area (Å²) in [5, 5.41) is 4.65. The number of hydrogen-bond donors (Lipinski definition) is 1. The van der Waals surface area contributed by atoms with Crippen LogP contribution in [0.1, 0.15) is 64.6 Å². The molecule has 1 aromatic rings. The Morgan fingerprint density at radius 1 is 1.28 bits per heavy atom. The van der Waals surface area contributed by atoms with Gasteiger partial charge in [-0.3, -0.25) is 0 Å². The summed E-state index contributed by atoms with van der Waals surface area (Å²) in [6.45, 7) is 4.45. The first-order chi connectivity index (χ1) is 8.83. The molecule has 0 spiro atoms. The van der Waals surface area contributed by atoms with E-state index >= 15 is 0 Å². The molecule has 18 heavy (non-hydrogen) atoms. The van der Waals surface area contributed by atoms with Crippen molar-refractivity contribution in [1.82, 2.24) is 9.36 Å². The van der Waals surface area contributed by atoms with E-state index in [0.29, 0.717) is 6.04 Å². The van der Waals surface area contributed by atoms with Crippen LogP contribution in [0.3, 0.4) is 0 Å². The third-order valence-corrected chi connectivity index (χ3v) is 4.59. The Hall–Kier alpha value is -0.640. The van der Waals surface area contributed by atoms with E-state index < -0.39 is 0 Å². The molecule has 1 aliphatic carbocycles. The number of aryl methyl sites for hydroxylation is 1. The van der Waals surface area contributed by atoms with Crippen molar-refractivity contribution in [3.63, 3.8) is 0 Å². The van der Waals surface area contributed by atoms with Gasteiger partial charge in [-0.25, -0.2) is 4.98 Å². The summed E-state index contributed by atoms with van der Waals surface area (Å²) < 4.78 is 4.41. The molecule has 1 N–H and O–H groups in total. The Labute approximate surface area is 115 Å². The fourth-order valence-electron chi connectivity index (χ4n) is 2.89. The van der Waals surface area contributed by atoms with Crippen LogP contribution in [0.15, 0.2) is 0 Å². The monoisotopic (exact) mass is 267 g/mol. The van der Waals surface area contributed by atoms with E-state index in [1.807, 2.05) is 0 Å². The van der Waals surface area contributed by atoms with Crippen molar-refractivity contribution in [2.24, 2.45) is 5.92 Å². The van der Waals surface area contributed by atoms with Gasteiger partial charge in [-0.15, -0.1) is 0 Å². The molecule has 1 atom stereocenters. The first-order valence-corrected chi connectivity index (χ1v) is 8.20. The van der Waals surface area contributed by atoms with Crippen LogP contribution in [0.25, 0.3) is 0 Å². The fourth-order valence-corrected chi connectivity index (χ4v) is 3.56. The summed E-state index contributed by atoms with van der Waals surface area (Å²) in [6, 6.07) is 0.590. The topological polar surface area (TPSA) is 37.8 Å². The van der Waals surface area contributed by atoms with Gasteiger partial charge in [0.25, 0.3) is 0 Å². The highest BCUT2D eigenvalue weighted by Crippen LogP contribution is 2.29. The third kappa shape index (κ3) is 3.67. The van der Waals surface area contributed by atoms with Crippen molar-refractivity contribution in [3.05, 3.63) is 5.82 Å². The van der Waals surface area contributed by atoms with Gasteiger partial charge >= 0.3 is 0 Å². The highest BCUT2D eigenvalue weighted by molar-refractivity contribution is 7.09. The summed E-state index contributed by atoms with van der Waals surface area (Å²) >= 11 is 1.52. The second-order valence-corrected chi connectivity index (χ2v) is 6.07. The normalized spacial score (nSPS) is 18.8. The number of anilines is 1.